The van der Waals surface area contributed by atoms with Crippen molar-refractivity contribution >= 4 is 33.9 Å². The third-order valence-electron chi connectivity index (χ3n) is 3.58. The first-order valence-corrected chi connectivity index (χ1v) is 8.70. The minimum atomic E-state index is -0.560. The number of aryl methyl sites for hydroxylation is 1. The monoisotopic (exact) mass is 401 g/mol. The van der Waals surface area contributed by atoms with Gasteiger partial charge in [-0.2, -0.15) is 0 Å². The topological polar surface area (TPSA) is 55.4 Å². The molecule has 1 amide bonds. The van der Waals surface area contributed by atoms with E-state index in [0.29, 0.717) is 0 Å². The van der Waals surface area contributed by atoms with Crippen LogP contribution in [0.5, 0.6) is 0 Å². The number of halogens is 1. The number of nitrogens with one attached hydrogen (secondary N) is 1. The Morgan fingerprint density at radius 1 is 1.20 bits per heavy atom. The summed E-state index contributed by atoms with van der Waals surface area (Å²) in [7, 11) is 0. The van der Waals surface area contributed by atoms with Crippen LogP contribution in [-0.4, -0.2) is 18.5 Å². The quantitative estimate of drug-likeness (QED) is 0.582. The molecule has 5 heteroatoms. The number of benzene rings is 2. The van der Waals surface area contributed by atoms with Crippen molar-refractivity contribution < 1.29 is 14.3 Å². The Balaban J connectivity index is 1.81. The van der Waals surface area contributed by atoms with Crippen LogP contribution in [0.1, 0.15) is 29.7 Å². The van der Waals surface area contributed by atoms with Crippen molar-refractivity contribution in [1.29, 1.82) is 0 Å². The molecule has 0 aliphatic heterocycles. The predicted octanol–water partition coefficient (Wildman–Crippen LogP) is 4.19. The standard InChI is InChI=1S/C20H20BrNO3/c1-14-8-9-17(18(21)12-14)10-11-20(24)25-13-19(23)22-15(2)16-6-4-3-5-7-16/h3-12,15H,13H2,1-2H3,(H,22,23)/b11-10+/t15-/m0/s1. The fraction of sp³-hybridized carbons (Fsp3) is 0.200. The number of amides is 1. The van der Waals surface area contributed by atoms with Gasteiger partial charge in [0.25, 0.3) is 5.91 Å². The third kappa shape index (κ3) is 6.19. The maximum absolute atomic E-state index is 11.9. The lowest BCUT2D eigenvalue weighted by Gasteiger charge is -2.13. The van der Waals surface area contributed by atoms with Crippen LogP contribution in [0.25, 0.3) is 6.08 Å². The normalized spacial score (nSPS) is 12.0. The fourth-order valence-corrected chi connectivity index (χ4v) is 2.84. The molecule has 0 aliphatic carbocycles. The molecule has 0 radical (unpaired) electrons. The van der Waals surface area contributed by atoms with Crippen molar-refractivity contribution in [2.75, 3.05) is 6.61 Å². The second kappa shape index (κ2) is 9.18. The van der Waals surface area contributed by atoms with E-state index < -0.39 is 5.97 Å². The molecule has 0 aromatic heterocycles. The lowest BCUT2D eigenvalue weighted by Crippen LogP contribution is -2.30. The zero-order valence-electron chi connectivity index (χ0n) is 14.2. The van der Waals surface area contributed by atoms with Gasteiger partial charge >= 0.3 is 5.97 Å². The van der Waals surface area contributed by atoms with E-state index in [0.717, 1.165) is 21.2 Å². The highest BCUT2D eigenvalue weighted by molar-refractivity contribution is 9.10. The van der Waals surface area contributed by atoms with Crippen LogP contribution in [0.3, 0.4) is 0 Å². The van der Waals surface area contributed by atoms with Gasteiger partial charge in [0.05, 0.1) is 6.04 Å². The molecule has 4 nitrogen and oxygen atoms in total. The molecule has 0 spiro atoms. The van der Waals surface area contributed by atoms with E-state index in [1.165, 1.54) is 6.08 Å². The molecule has 0 fully saturated rings. The maximum atomic E-state index is 11.9. The highest BCUT2D eigenvalue weighted by atomic mass is 79.9. The van der Waals surface area contributed by atoms with E-state index in [9.17, 15) is 9.59 Å². The van der Waals surface area contributed by atoms with Crippen LogP contribution in [-0.2, 0) is 14.3 Å². The molecule has 1 atom stereocenters. The van der Waals surface area contributed by atoms with E-state index in [1.54, 1.807) is 6.08 Å². The van der Waals surface area contributed by atoms with Crippen LogP contribution in [0.4, 0.5) is 0 Å². The lowest BCUT2D eigenvalue weighted by molar-refractivity contribution is -0.144. The fourth-order valence-electron chi connectivity index (χ4n) is 2.22. The predicted molar refractivity (Wildman–Crippen MR) is 102 cm³/mol. The minimum absolute atomic E-state index is 0.147. The van der Waals surface area contributed by atoms with Gasteiger partial charge in [0.1, 0.15) is 0 Å². The maximum Gasteiger partial charge on any atom is 0.331 e. The number of rotatable bonds is 6. The summed E-state index contributed by atoms with van der Waals surface area (Å²) in [5.41, 5.74) is 2.98. The summed E-state index contributed by atoms with van der Waals surface area (Å²) in [4.78, 5) is 23.6. The van der Waals surface area contributed by atoms with E-state index in [2.05, 4.69) is 21.2 Å². The van der Waals surface area contributed by atoms with Crippen LogP contribution in [0, 0.1) is 6.92 Å². The Morgan fingerprint density at radius 3 is 2.60 bits per heavy atom. The van der Waals surface area contributed by atoms with Crippen molar-refractivity contribution in [1.82, 2.24) is 5.32 Å². The first-order valence-electron chi connectivity index (χ1n) is 7.91. The van der Waals surface area contributed by atoms with Gasteiger partial charge in [-0.05, 0) is 42.7 Å². The van der Waals surface area contributed by atoms with Gasteiger partial charge < -0.3 is 10.1 Å². The number of esters is 1. The zero-order chi connectivity index (χ0) is 18.2. The highest BCUT2D eigenvalue weighted by Gasteiger charge is 2.10. The molecular formula is C20H20BrNO3. The summed E-state index contributed by atoms with van der Waals surface area (Å²) in [5, 5.41) is 2.79. The molecule has 1 N–H and O–H groups in total. The van der Waals surface area contributed by atoms with Gasteiger partial charge in [0, 0.05) is 10.5 Å². The molecule has 0 unspecified atom stereocenters. The minimum Gasteiger partial charge on any atom is -0.452 e. The highest BCUT2D eigenvalue weighted by Crippen LogP contribution is 2.19. The van der Waals surface area contributed by atoms with Gasteiger partial charge in [-0.25, -0.2) is 4.79 Å². The molecule has 2 aromatic rings. The molecule has 25 heavy (non-hydrogen) atoms. The SMILES string of the molecule is Cc1ccc(/C=C/C(=O)OCC(=O)N[C@@H](C)c2ccccc2)c(Br)c1. The average molecular weight is 402 g/mol. The van der Waals surface area contributed by atoms with Crippen molar-refractivity contribution in [3.63, 3.8) is 0 Å². The van der Waals surface area contributed by atoms with Crippen molar-refractivity contribution in [3.05, 3.63) is 75.8 Å². The summed E-state index contributed by atoms with van der Waals surface area (Å²) in [6.07, 6.45) is 2.96. The number of carbonyl (C=O) groups excluding carboxylic acids is 2. The molecule has 0 heterocycles. The van der Waals surface area contributed by atoms with E-state index >= 15 is 0 Å². The van der Waals surface area contributed by atoms with E-state index in [4.69, 9.17) is 4.74 Å². The molecule has 130 valence electrons. The van der Waals surface area contributed by atoms with E-state index in [1.807, 2.05) is 62.4 Å². The average Bonchev–Trinajstić information content (AvgIpc) is 2.60. The van der Waals surface area contributed by atoms with Gasteiger partial charge in [-0.15, -0.1) is 0 Å². The smallest absolute Gasteiger partial charge is 0.331 e. The Morgan fingerprint density at radius 2 is 1.92 bits per heavy atom. The second-order valence-corrected chi connectivity index (χ2v) is 6.52. The number of hydrogen-bond donors (Lipinski definition) is 1. The lowest BCUT2D eigenvalue weighted by atomic mass is 10.1. The van der Waals surface area contributed by atoms with Gasteiger partial charge in [0.2, 0.25) is 0 Å². The molecule has 0 aliphatic rings. The van der Waals surface area contributed by atoms with Crippen LogP contribution < -0.4 is 5.32 Å². The van der Waals surface area contributed by atoms with Gasteiger partial charge in [-0.3, -0.25) is 4.79 Å². The van der Waals surface area contributed by atoms with Crippen LogP contribution in [0.2, 0.25) is 0 Å². The number of carbonyl (C=O) groups is 2. The summed E-state index contributed by atoms with van der Waals surface area (Å²) in [6.45, 7) is 3.56. The van der Waals surface area contributed by atoms with Crippen molar-refractivity contribution in [3.8, 4) is 0 Å². The van der Waals surface area contributed by atoms with Crippen molar-refractivity contribution in [2.24, 2.45) is 0 Å². The molecule has 0 saturated heterocycles. The zero-order valence-corrected chi connectivity index (χ0v) is 15.7. The Labute approximate surface area is 156 Å². The molecule has 0 bridgehead atoms. The number of ether oxygens (including phenoxy) is 1. The van der Waals surface area contributed by atoms with Crippen molar-refractivity contribution in [2.45, 2.75) is 19.9 Å². The molecule has 0 saturated carbocycles. The molecule has 2 rings (SSSR count). The summed E-state index contributed by atoms with van der Waals surface area (Å²) < 4.78 is 5.87. The van der Waals surface area contributed by atoms with Gasteiger partial charge in [0.15, 0.2) is 6.61 Å². The van der Waals surface area contributed by atoms with E-state index in [-0.39, 0.29) is 18.6 Å². The molecule has 2 aromatic carbocycles. The molecular weight excluding hydrogens is 382 g/mol. The first-order chi connectivity index (χ1) is 12.0. The largest absolute Gasteiger partial charge is 0.452 e. The third-order valence-corrected chi connectivity index (χ3v) is 4.26. The first kappa shape index (κ1) is 18.9. The Kier molecular flexibility index (Phi) is 6.95. The summed E-state index contributed by atoms with van der Waals surface area (Å²) in [5.74, 6) is -0.899. The van der Waals surface area contributed by atoms with Gasteiger partial charge in [-0.1, -0.05) is 58.4 Å². The van der Waals surface area contributed by atoms with Crippen LogP contribution in [0.15, 0.2) is 59.1 Å². The van der Waals surface area contributed by atoms with Crippen LogP contribution >= 0.6 is 15.9 Å². The number of hydrogen-bond acceptors (Lipinski definition) is 3. The summed E-state index contributed by atoms with van der Waals surface area (Å²) in [6, 6.07) is 15.3. The Hall–Kier alpha value is -2.40. The second-order valence-electron chi connectivity index (χ2n) is 5.67. The Bertz CT molecular complexity index is 772. The summed E-state index contributed by atoms with van der Waals surface area (Å²) >= 11 is 3.44.